The van der Waals surface area contributed by atoms with Gasteiger partial charge in [0.1, 0.15) is 0 Å². The van der Waals surface area contributed by atoms with Gasteiger partial charge in [-0.3, -0.25) is 0 Å². The first kappa shape index (κ1) is 9.82. The molecule has 0 radical (unpaired) electrons. The number of halogens is 1. The molecule has 0 unspecified atom stereocenters. The molecule has 0 spiro atoms. The molecular formula is C12H14BrNO. The lowest BCUT2D eigenvalue weighted by Crippen LogP contribution is -2.41. The standard InChI is InChI=1S/C12H14BrNO/c13-9-3-1-8(2-4-9)12-11-6-5-10(15-11)7-14-12/h1-4,10-12,14H,5-7H2/t10-,11+,12-/m0/s1. The second-order valence-corrected chi connectivity index (χ2v) is 5.23. The minimum Gasteiger partial charge on any atom is -0.372 e. The van der Waals surface area contributed by atoms with Crippen LogP contribution in [-0.4, -0.2) is 18.8 Å². The molecule has 2 nitrogen and oxygen atoms in total. The minimum atomic E-state index is 0.380. The van der Waals surface area contributed by atoms with Crippen molar-refractivity contribution in [2.45, 2.75) is 31.1 Å². The SMILES string of the molecule is Brc1ccc([C@@H]2NC[C@@H]3CC[C@H]2O3)cc1. The molecule has 0 aromatic heterocycles. The molecule has 2 bridgehead atoms. The van der Waals surface area contributed by atoms with E-state index < -0.39 is 0 Å². The molecule has 1 N–H and O–H groups in total. The number of benzene rings is 1. The molecular weight excluding hydrogens is 254 g/mol. The normalized spacial score (nSPS) is 34.3. The number of fused-ring (bicyclic) bond motifs is 2. The molecule has 2 saturated heterocycles. The summed E-state index contributed by atoms with van der Waals surface area (Å²) in [5, 5.41) is 3.58. The molecule has 2 fully saturated rings. The van der Waals surface area contributed by atoms with Crippen molar-refractivity contribution in [3.8, 4) is 0 Å². The first-order chi connectivity index (χ1) is 7.33. The van der Waals surface area contributed by atoms with Crippen LogP contribution in [0.1, 0.15) is 24.4 Å². The van der Waals surface area contributed by atoms with E-state index in [4.69, 9.17) is 4.74 Å². The van der Waals surface area contributed by atoms with E-state index in [1.54, 1.807) is 0 Å². The molecule has 2 aliphatic heterocycles. The van der Waals surface area contributed by atoms with E-state index in [0.29, 0.717) is 18.2 Å². The summed E-state index contributed by atoms with van der Waals surface area (Å²) in [6.45, 7) is 0.997. The maximum Gasteiger partial charge on any atom is 0.0775 e. The Morgan fingerprint density at radius 1 is 1.20 bits per heavy atom. The van der Waals surface area contributed by atoms with Crippen molar-refractivity contribution in [1.29, 1.82) is 0 Å². The van der Waals surface area contributed by atoms with E-state index in [2.05, 4.69) is 45.5 Å². The number of hydrogen-bond acceptors (Lipinski definition) is 2. The Labute approximate surface area is 98.1 Å². The largest absolute Gasteiger partial charge is 0.372 e. The molecule has 1 aromatic carbocycles. The molecule has 2 heterocycles. The van der Waals surface area contributed by atoms with Crippen LogP contribution in [0.15, 0.2) is 28.7 Å². The van der Waals surface area contributed by atoms with Crippen molar-refractivity contribution in [3.63, 3.8) is 0 Å². The van der Waals surface area contributed by atoms with Crippen molar-refractivity contribution >= 4 is 15.9 Å². The predicted molar refractivity (Wildman–Crippen MR) is 62.8 cm³/mol. The summed E-state index contributed by atoms with van der Waals surface area (Å²) in [5.41, 5.74) is 1.34. The first-order valence-corrected chi connectivity index (χ1v) is 6.26. The molecule has 1 aromatic rings. The van der Waals surface area contributed by atoms with Crippen LogP contribution < -0.4 is 5.32 Å². The van der Waals surface area contributed by atoms with E-state index in [0.717, 1.165) is 11.0 Å². The highest BCUT2D eigenvalue weighted by Crippen LogP contribution is 2.34. The molecule has 0 saturated carbocycles. The summed E-state index contributed by atoms with van der Waals surface area (Å²) in [7, 11) is 0. The third-order valence-corrected chi connectivity index (χ3v) is 3.84. The van der Waals surface area contributed by atoms with Gasteiger partial charge in [0.25, 0.3) is 0 Å². The average Bonchev–Trinajstić information content (AvgIpc) is 2.63. The number of hydrogen-bond donors (Lipinski definition) is 1. The van der Waals surface area contributed by atoms with Gasteiger partial charge in [-0.15, -0.1) is 0 Å². The summed E-state index contributed by atoms with van der Waals surface area (Å²) < 4.78 is 7.05. The average molecular weight is 268 g/mol. The Balaban J connectivity index is 1.84. The lowest BCUT2D eigenvalue weighted by atomic mass is 10.0. The van der Waals surface area contributed by atoms with E-state index in [1.165, 1.54) is 18.4 Å². The Morgan fingerprint density at radius 3 is 2.80 bits per heavy atom. The summed E-state index contributed by atoms with van der Waals surface area (Å²) in [4.78, 5) is 0. The molecule has 80 valence electrons. The van der Waals surface area contributed by atoms with Gasteiger partial charge in [0, 0.05) is 11.0 Å². The quantitative estimate of drug-likeness (QED) is 0.845. The second-order valence-electron chi connectivity index (χ2n) is 4.31. The van der Waals surface area contributed by atoms with Gasteiger partial charge in [0.2, 0.25) is 0 Å². The fourth-order valence-corrected chi connectivity index (χ4v) is 2.79. The molecule has 15 heavy (non-hydrogen) atoms. The van der Waals surface area contributed by atoms with Gasteiger partial charge in [-0.1, -0.05) is 28.1 Å². The third-order valence-electron chi connectivity index (χ3n) is 3.31. The molecule has 0 amide bonds. The summed E-state index contributed by atoms with van der Waals surface area (Å²) in [6.07, 6.45) is 3.25. The minimum absolute atomic E-state index is 0.380. The maximum atomic E-state index is 5.92. The zero-order chi connectivity index (χ0) is 10.3. The van der Waals surface area contributed by atoms with Crippen LogP contribution in [0.5, 0.6) is 0 Å². The number of ether oxygens (including phenoxy) is 1. The van der Waals surface area contributed by atoms with Crippen LogP contribution in [0.2, 0.25) is 0 Å². The maximum absolute atomic E-state index is 5.92. The fourth-order valence-electron chi connectivity index (χ4n) is 2.52. The van der Waals surface area contributed by atoms with Gasteiger partial charge < -0.3 is 10.1 Å². The molecule has 3 rings (SSSR count). The Morgan fingerprint density at radius 2 is 2.00 bits per heavy atom. The van der Waals surface area contributed by atoms with E-state index in [-0.39, 0.29) is 0 Å². The van der Waals surface area contributed by atoms with E-state index >= 15 is 0 Å². The van der Waals surface area contributed by atoms with Crippen LogP contribution in [-0.2, 0) is 4.74 Å². The fraction of sp³-hybridized carbons (Fsp3) is 0.500. The molecule has 3 atom stereocenters. The van der Waals surface area contributed by atoms with Crippen LogP contribution >= 0.6 is 15.9 Å². The Kier molecular flexibility index (Phi) is 2.54. The molecule has 2 aliphatic rings. The van der Waals surface area contributed by atoms with Crippen LogP contribution in [0.25, 0.3) is 0 Å². The molecule has 0 aliphatic carbocycles. The topological polar surface area (TPSA) is 21.3 Å². The van der Waals surface area contributed by atoms with Crippen molar-refractivity contribution in [2.24, 2.45) is 0 Å². The van der Waals surface area contributed by atoms with Gasteiger partial charge in [-0.2, -0.15) is 0 Å². The van der Waals surface area contributed by atoms with E-state index in [9.17, 15) is 0 Å². The Bertz CT molecular complexity index is 351. The highest BCUT2D eigenvalue weighted by atomic mass is 79.9. The zero-order valence-corrected chi connectivity index (χ0v) is 10.0. The van der Waals surface area contributed by atoms with Gasteiger partial charge in [0.05, 0.1) is 18.2 Å². The number of rotatable bonds is 1. The summed E-state index contributed by atoms with van der Waals surface area (Å²) in [5.74, 6) is 0. The van der Waals surface area contributed by atoms with Crippen LogP contribution in [0.3, 0.4) is 0 Å². The summed E-state index contributed by atoms with van der Waals surface area (Å²) >= 11 is 3.46. The number of nitrogens with one attached hydrogen (secondary N) is 1. The smallest absolute Gasteiger partial charge is 0.0775 e. The van der Waals surface area contributed by atoms with Crippen LogP contribution in [0, 0.1) is 0 Å². The Hall–Kier alpha value is -0.380. The van der Waals surface area contributed by atoms with Crippen molar-refractivity contribution < 1.29 is 4.74 Å². The van der Waals surface area contributed by atoms with Gasteiger partial charge in [0.15, 0.2) is 0 Å². The van der Waals surface area contributed by atoms with E-state index in [1.807, 2.05) is 0 Å². The predicted octanol–water partition coefficient (Wildman–Crippen LogP) is 2.64. The van der Waals surface area contributed by atoms with Crippen molar-refractivity contribution in [3.05, 3.63) is 34.3 Å². The van der Waals surface area contributed by atoms with Gasteiger partial charge >= 0.3 is 0 Å². The van der Waals surface area contributed by atoms with Crippen molar-refractivity contribution in [1.82, 2.24) is 5.32 Å². The first-order valence-electron chi connectivity index (χ1n) is 5.47. The molecule has 3 heteroatoms. The highest BCUT2D eigenvalue weighted by Gasteiger charge is 2.36. The monoisotopic (exact) mass is 267 g/mol. The summed E-state index contributed by atoms with van der Waals surface area (Å²) in [6, 6.07) is 8.92. The van der Waals surface area contributed by atoms with Gasteiger partial charge in [-0.25, -0.2) is 0 Å². The lowest BCUT2D eigenvalue weighted by molar-refractivity contribution is -0.0111. The second kappa shape index (κ2) is 3.89. The number of morpholine rings is 1. The lowest BCUT2D eigenvalue weighted by Gasteiger charge is -2.31. The van der Waals surface area contributed by atoms with Gasteiger partial charge in [-0.05, 0) is 30.5 Å². The third kappa shape index (κ3) is 1.84. The zero-order valence-electron chi connectivity index (χ0n) is 8.45. The van der Waals surface area contributed by atoms with Crippen molar-refractivity contribution in [2.75, 3.05) is 6.54 Å². The van der Waals surface area contributed by atoms with Crippen LogP contribution in [0.4, 0.5) is 0 Å². The highest BCUT2D eigenvalue weighted by molar-refractivity contribution is 9.10.